The second-order valence-corrected chi connectivity index (χ2v) is 4.49. The van der Waals surface area contributed by atoms with Gasteiger partial charge in [0.15, 0.2) is 0 Å². The maximum atomic E-state index is 13.0. The summed E-state index contributed by atoms with van der Waals surface area (Å²) in [7, 11) is 1.47. The molecule has 0 atom stereocenters. The van der Waals surface area contributed by atoms with Gasteiger partial charge in [-0.2, -0.15) is 0 Å². The number of halogens is 2. The SMILES string of the molecule is CN(C(=O)c1cc(F)cc(F)c1)C(C)(C)CO. The van der Waals surface area contributed by atoms with E-state index < -0.39 is 23.1 Å². The molecule has 1 rings (SSSR count). The Hall–Kier alpha value is -1.49. The van der Waals surface area contributed by atoms with Crippen LogP contribution in [-0.4, -0.2) is 35.1 Å². The highest BCUT2D eigenvalue weighted by Crippen LogP contribution is 2.16. The second-order valence-electron chi connectivity index (χ2n) is 4.49. The molecule has 1 N–H and O–H groups in total. The zero-order chi connectivity index (χ0) is 13.2. The Morgan fingerprint density at radius 2 is 1.76 bits per heavy atom. The fourth-order valence-electron chi connectivity index (χ4n) is 1.25. The van der Waals surface area contributed by atoms with Crippen LogP contribution in [0.15, 0.2) is 18.2 Å². The summed E-state index contributed by atoms with van der Waals surface area (Å²) in [5.41, 5.74) is -0.869. The second kappa shape index (κ2) is 4.79. The third-order valence-electron chi connectivity index (χ3n) is 2.71. The Kier molecular flexibility index (Phi) is 3.83. The summed E-state index contributed by atoms with van der Waals surface area (Å²) in [6, 6.07) is 2.64. The van der Waals surface area contributed by atoms with Crippen molar-refractivity contribution in [1.82, 2.24) is 4.90 Å². The van der Waals surface area contributed by atoms with E-state index in [4.69, 9.17) is 5.11 Å². The summed E-state index contributed by atoms with van der Waals surface area (Å²) in [5, 5.41) is 9.13. The zero-order valence-corrected chi connectivity index (χ0v) is 10.00. The number of amides is 1. The number of aliphatic hydroxyl groups is 1. The molecule has 17 heavy (non-hydrogen) atoms. The number of benzene rings is 1. The summed E-state index contributed by atoms with van der Waals surface area (Å²) in [4.78, 5) is 13.2. The Bertz CT molecular complexity index is 412. The average Bonchev–Trinajstić information content (AvgIpc) is 2.25. The minimum atomic E-state index is -0.802. The first-order valence-corrected chi connectivity index (χ1v) is 5.13. The van der Waals surface area contributed by atoms with Crippen LogP contribution >= 0.6 is 0 Å². The molecule has 0 heterocycles. The molecular weight excluding hydrogens is 228 g/mol. The summed E-state index contributed by atoms with van der Waals surface area (Å²) in [6.07, 6.45) is 0. The lowest BCUT2D eigenvalue weighted by atomic mass is 10.0. The van der Waals surface area contributed by atoms with Crippen molar-refractivity contribution in [2.75, 3.05) is 13.7 Å². The number of carbonyl (C=O) groups excluding carboxylic acids is 1. The highest BCUT2D eigenvalue weighted by atomic mass is 19.1. The summed E-state index contributed by atoms with van der Waals surface area (Å²) in [5.74, 6) is -2.14. The molecule has 3 nitrogen and oxygen atoms in total. The van der Waals surface area contributed by atoms with Crippen molar-refractivity contribution in [1.29, 1.82) is 0 Å². The van der Waals surface area contributed by atoms with Gasteiger partial charge in [-0.05, 0) is 26.0 Å². The number of hydrogen-bond donors (Lipinski definition) is 1. The third-order valence-corrected chi connectivity index (χ3v) is 2.71. The van der Waals surface area contributed by atoms with Gasteiger partial charge in [-0.1, -0.05) is 0 Å². The number of aliphatic hydroxyl groups excluding tert-OH is 1. The molecule has 1 amide bonds. The van der Waals surface area contributed by atoms with Gasteiger partial charge in [0, 0.05) is 18.7 Å². The minimum Gasteiger partial charge on any atom is -0.394 e. The average molecular weight is 243 g/mol. The van der Waals surface area contributed by atoms with Crippen LogP contribution in [0.1, 0.15) is 24.2 Å². The molecule has 0 saturated heterocycles. The fourth-order valence-corrected chi connectivity index (χ4v) is 1.25. The number of carbonyl (C=O) groups is 1. The molecule has 94 valence electrons. The van der Waals surface area contributed by atoms with Gasteiger partial charge in [-0.15, -0.1) is 0 Å². The van der Waals surface area contributed by atoms with E-state index >= 15 is 0 Å². The van der Waals surface area contributed by atoms with E-state index in [1.807, 2.05) is 0 Å². The lowest BCUT2D eigenvalue weighted by Gasteiger charge is -2.34. The maximum Gasteiger partial charge on any atom is 0.254 e. The monoisotopic (exact) mass is 243 g/mol. The molecule has 0 saturated carbocycles. The fraction of sp³-hybridized carbons (Fsp3) is 0.417. The van der Waals surface area contributed by atoms with Crippen molar-refractivity contribution in [3.8, 4) is 0 Å². The van der Waals surface area contributed by atoms with Crippen LogP contribution < -0.4 is 0 Å². The predicted octanol–water partition coefficient (Wildman–Crippen LogP) is 1.81. The molecule has 5 heteroatoms. The highest BCUT2D eigenvalue weighted by molar-refractivity contribution is 5.94. The van der Waals surface area contributed by atoms with E-state index in [0.29, 0.717) is 6.07 Å². The predicted molar refractivity (Wildman–Crippen MR) is 59.6 cm³/mol. The molecule has 0 aromatic heterocycles. The van der Waals surface area contributed by atoms with Gasteiger partial charge in [0.25, 0.3) is 5.91 Å². The van der Waals surface area contributed by atoms with E-state index in [0.717, 1.165) is 12.1 Å². The molecular formula is C12H15F2NO2. The van der Waals surface area contributed by atoms with Crippen molar-refractivity contribution in [3.63, 3.8) is 0 Å². The summed E-state index contributed by atoms with van der Waals surface area (Å²) in [6.45, 7) is 3.06. The third kappa shape index (κ3) is 3.00. The van der Waals surface area contributed by atoms with Crippen LogP contribution in [0.2, 0.25) is 0 Å². The molecule has 0 aliphatic carbocycles. The van der Waals surface area contributed by atoms with E-state index in [1.54, 1.807) is 13.8 Å². The molecule has 0 unspecified atom stereocenters. The van der Waals surface area contributed by atoms with Gasteiger partial charge in [-0.3, -0.25) is 4.79 Å². The van der Waals surface area contributed by atoms with Gasteiger partial charge in [-0.25, -0.2) is 8.78 Å². The summed E-state index contributed by atoms with van der Waals surface area (Å²) < 4.78 is 25.9. The van der Waals surface area contributed by atoms with E-state index in [1.165, 1.54) is 11.9 Å². The molecule has 0 bridgehead atoms. The lowest BCUT2D eigenvalue weighted by Crippen LogP contribution is -2.47. The van der Waals surface area contributed by atoms with Gasteiger partial charge in [0.2, 0.25) is 0 Å². The van der Waals surface area contributed by atoms with Gasteiger partial charge >= 0.3 is 0 Å². The molecule has 0 aliphatic heterocycles. The van der Waals surface area contributed by atoms with Crippen LogP contribution in [0.5, 0.6) is 0 Å². The standard InChI is InChI=1S/C12H15F2NO2/c1-12(2,7-16)15(3)11(17)8-4-9(13)6-10(14)5-8/h4-6,16H,7H2,1-3H3. The largest absolute Gasteiger partial charge is 0.394 e. The van der Waals surface area contributed by atoms with Crippen LogP contribution in [0.3, 0.4) is 0 Å². The first-order valence-electron chi connectivity index (χ1n) is 5.13. The molecule has 0 spiro atoms. The van der Waals surface area contributed by atoms with Crippen LogP contribution in [0.25, 0.3) is 0 Å². The van der Waals surface area contributed by atoms with Gasteiger partial charge < -0.3 is 10.0 Å². The number of rotatable bonds is 3. The maximum absolute atomic E-state index is 13.0. The molecule has 0 radical (unpaired) electrons. The minimum absolute atomic E-state index is 0.0773. The molecule has 0 fully saturated rings. The molecule has 1 aromatic carbocycles. The Morgan fingerprint density at radius 1 is 1.29 bits per heavy atom. The number of hydrogen-bond acceptors (Lipinski definition) is 2. The smallest absolute Gasteiger partial charge is 0.254 e. The van der Waals surface area contributed by atoms with Crippen LogP contribution in [0.4, 0.5) is 8.78 Å². The molecule has 1 aromatic rings. The van der Waals surface area contributed by atoms with E-state index in [-0.39, 0.29) is 12.2 Å². The Morgan fingerprint density at radius 3 is 2.18 bits per heavy atom. The number of nitrogens with zero attached hydrogens (tertiary/aromatic N) is 1. The van der Waals surface area contributed by atoms with E-state index in [9.17, 15) is 13.6 Å². The van der Waals surface area contributed by atoms with Crippen molar-refractivity contribution >= 4 is 5.91 Å². The van der Waals surface area contributed by atoms with Crippen LogP contribution in [0, 0.1) is 11.6 Å². The Balaban J connectivity index is 3.04. The zero-order valence-electron chi connectivity index (χ0n) is 10.00. The Labute approximate surface area is 98.7 Å². The van der Waals surface area contributed by atoms with Crippen molar-refractivity contribution in [2.24, 2.45) is 0 Å². The lowest BCUT2D eigenvalue weighted by molar-refractivity contribution is 0.0472. The van der Waals surface area contributed by atoms with Crippen molar-refractivity contribution in [3.05, 3.63) is 35.4 Å². The first kappa shape index (κ1) is 13.6. The van der Waals surface area contributed by atoms with E-state index in [2.05, 4.69) is 0 Å². The highest BCUT2D eigenvalue weighted by Gasteiger charge is 2.27. The summed E-state index contributed by atoms with van der Waals surface area (Å²) >= 11 is 0. The first-order chi connectivity index (χ1) is 7.77. The normalized spacial score (nSPS) is 11.4. The van der Waals surface area contributed by atoms with Gasteiger partial charge in [0.1, 0.15) is 11.6 Å². The quantitative estimate of drug-likeness (QED) is 0.879. The van der Waals surface area contributed by atoms with Crippen LogP contribution in [-0.2, 0) is 0 Å². The number of likely N-dealkylation sites (N-methyl/N-ethyl adjacent to an activating group) is 1. The van der Waals surface area contributed by atoms with Gasteiger partial charge in [0.05, 0.1) is 12.1 Å². The van der Waals surface area contributed by atoms with Crippen molar-refractivity contribution < 1.29 is 18.7 Å². The topological polar surface area (TPSA) is 40.5 Å². The van der Waals surface area contributed by atoms with Crippen molar-refractivity contribution in [2.45, 2.75) is 19.4 Å². The molecule has 0 aliphatic rings.